The fourth-order valence-corrected chi connectivity index (χ4v) is 4.20. The van der Waals surface area contributed by atoms with E-state index in [9.17, 15) is 8.42 Å². The van der Waals surface area contributed by atoms with Crippen LogP contribution in [0.15, 0.2) is 64.2 Å². The maximum Gasteiger partial charge on any atom is 0.251 e. The summed E-state index contributed by atoms with van der Waals surface area (Å²) in [4.78, 5) is 8.71. The van der Waals surface area contributed by atoms with Gasteiger partial charge in [-0.05, 0) is 56.8 Å². The average Bonchev–Trinajstić information content (AvgIpc) is 3.30. The summed E-state index contributed by atoms with van der Waals surface area (Å²) in [6.45, 7) is 4.03. The van der Waals surface area contributed by atoms with Crippen LogP contribution in [0.4, 0.5) is 5.82 Å². The van der Waals surface area contributed by atoms with Gasteiger partial charge in [-0.1, -0.05) is 12.1 Å². The lowest BCUT2D eigenvalue weighted by Gasteiger charge is -2.09. The fraction of sp³-hybridized carbons (Fsp3) is 0.217. The van der Waals surface area contributed by atoms with Crippen LogP contribution in [0, 0.1) is 0 Å². The Morgan fingerprint density at radius 1 is 0.970 bits per heavy atom. The van der Waals surface area contributed by atoms with E-state index in [1.165, 1.54) is 12.3 Å². The van der Waals surface area contributed by atoms with Gasteiger partial charge in [-0.3, -0.25) is 4.98 Å². The molecule has 9 nitrogen and oxygen atoms in total. The molecule has 0 radical (unpaired) electrons. The number of rotatable bonds is 7. The van der Waals surface area contributed by atoms with E-state index in [0.29, 0.717) is 22.7 Å². The standard InChI is InChI=1S/C23H24N6O3S/c1-14(2)33(30,31)18-8-9-20(26-13-18)17-10-19(21(24)27-12-17)23-29-28-22(32-23)16-6-4-15(5-7-16)11-25-3/h4-10,12-14,25H,11H2,1-3H3,(H2,24,27). The molecule has 0 unspecified atom stereocenters. The fourth-order valence-electron chi connectivity index (χ4n) is 3.20. The summed E-state index contributed by atoms with van der Waals surface area (Å²) in [5, 5.41) is 10.8. The lowest BCUT2D eigenvalue weighted by molar-refractivity contribution is 0.584. The van der Waals surface area contributed by atoms with E-state index in [4.69, 9.17) is 10.2 Å². The van der Waals surface area contributed by atoms with Crippen molar-refractivity contribution in [3.8, 4) is 34.2 Å². The predicted molar refractivity (Wildman–Crippen MR) is 126 cm³/mol. The van der Waals surface area contributed by atoms with Crippen molar-refractivity contribution in [2.24, 2.45) is 0 Å². The second-order valence-corrected chi connectivity index (χ2v) is 10.3. The van der Waals surface area contributed by atoms with Gasteiger partial charge in [0.1, 0.15) is 5.82 Å². The van der Waals surface area contributed by atoms with Crippen molar-refractivity contribution < 1.29 is 12.8 Å². The molecule has 0 saturated heterocycles. The number of nitrogens with two attached hydrogens (primary N) is 1. The molecule has 3 N–H and O–H groups in total. The van der Waals surface area contributed by atoms with Crippen molar-refractivity contribution in [2.75, 3.05) is 12.8 Å². The molecule has 0 bridgehead atoms. The molecular formula is C23H24N6O3S. The Balaban J connectivity index is 1.63. The number of pyridine rings is 2. The summed E-state index contributed by atoms with van der Waals surface area (Å²) >= 11 is 0. The first-order valence-corrected chi connectivity index (χ1v) is 11.9. The van der Waals surface area contributed by atoms with Gasteiger partial charge in [0.2, 0.25) is 5.89 Å². The summed E-state index contributed by atoms with van der Waals surface area (Å²) < 4.78 is 30.5. The largest absolute Gasteiger partial charge is 0.416 e. The summed E-state index contributed by atoms with van der Waals surface area (Å²) in [5.41, 5.74) is 9.66. The van der Waals surface area contributed by atoms with Crippen molar-refractivity contribution in [1.29, 1.82) is 0 Å². The van der Waals surface area contributed by atoms with Crippen molar-refractivity contribution in [3.05, 3.63) is 60.4 Å². The quantitative estimate of drug-likeness (QED) is 0.422. The van der Waals surface area contributed by atoms with Crippen molar-refractivity contribution in [1.82, 2.24) is 25.5 Å². The third-order valence-corrected chi connectivity index (χ3v) is 7.28. The number of sulfone groups is 1. The Bertz CT molecular complexity index is 1360. The maximum absolute atomic E-state index is 12.3. The normalized spacial score (nSPS) is 11.8. The van der Waals surface area contributed by atoms with Crippen LogP contribution in [-0.4, -0.2) is 40.9 Å². The molecule has 0 amide bonds. The minimum Gasteiger partial charge on any atom is -0.416 e. The highest BCUT2D eigenvalue weighted by Crippen LogP contribution is 2.30. The smallest absolute Gasteiger partial charge is 0.251 e. The monoisotopic (exact) mass is 464 g/mol. The maximum atomic E-state index is 12.3. The third kappa shape index (κ3) is 4.62. The van der Waals surface area contributed by atoms with Gasteiger partial charge in [-0.15, -0.1) is 10.2 Å². The highest BCUT2D eigenvalue weighted by atomic mass is 32.2. The summed E-state index contributed by atoms with van der Waals surface area (Å²) in [6.07, 6.45) is 2.92. The molecule has 0 saturated carbocycles. The van der Waals surface area contributed by atoms with E-state index >= 15 is 0 Å². The van der Waals surface area contributed by atoms with E-state index in [-0.39, 0.29) is 16.6 Å². The van der Waals surface area contributed by atoms with E-state index in [1.807, 2.05) is 31.3 Å². The number of anilines is 1. The van der Waals surface area contributed by atoms with Crippen LogP contribution in [0.5, 0.6) is 0 Å². The molecule has 0 aliphatic carbocycles. The molecule has 10 heteroatoms. The van der Waals surface area contributed by atoms with Gasteiger partial charge in [-0.25, -0.2) is 13.4 Å². The van der Waals surface area contributed by atoms with Gasteiger partial charge < -0.3 is 15.5 Å². The van der Waals surface area contributed by atoms with Gasteiger partial charge in [0.05, 0.1) is 21.4 Å². The Morgan fingerprint density at radius 3 is 2.33 bits per heavy atom. The number of nitrogens with zero attached hydrogens (tertiary/aromatic N) is 4. The molecular weight excluding hydrogens is 440 g/mol. The summed E-state index contributed by atoms with van der Waals surface area (Å²) in [7, 11) is -1.51. The predicted octanol–water partition coefficient (Wildman–Crippen LogP) is 3.34. The summed E-state index contributed by atoms with van der Waals surface area (Å²) in [5.74, 6) is 0.833. The van der Waals surface area contributed by atoms with Gasteiger partial charge in [0.25, 0.3) is 5.89 Å². The zero-order chi connectivity index (χ0) is 23.6. The van der Waals surface area contributed by atoms with Gasteiger partial charge in [0.15, 0.2) is 9.84 Å². The molecule has 170 valence electrons. The summed E-state index contributed by atoms with van der Waals surface area (Å²) in [6, 6.07) is 12.7. The van der Waals surface area contributed by atoms with Gasteiger partial charge in [0, 0.05) is 30.1 Å². The minimum atomic E-state index is -3.40. The van der Waals surface area contributed by atoms with E-state index in [2.05, 4.69) is 25.5 Å². The number of benzene rings is 1. The van der Waals surface area contributed by atoms with Crippen molar-refractivity contribution in [3.63, 3.8) is 0 Å². The lowest BCUT2D eigenvalue weighted by Crippen LogP contribution is -2.14. The molecule has 0 spiro atoms. The van der Waals surface area contributed by atoms with Gasteiger partial charge >= 0.3 is 0 Å². The number of aromatic nitrogens is 4. The highest BCUT2D eigenvalue weighted by molar-refractivity contribution is 7.92. The van der Waals surface area contributed by atoms with Crippen LogP contribution < -0.4 is 11.1 Å². The van der Waals surface area contributed by atoms with Crippen LogP contribution in [-0.2, 0) is 16.4 Å². The molecule has 3 aromatic heterocycles. The highest BCUT2D eigenvalue weighted by Gasteiger charge is 2.20. The molecule has 3 heterocycles. The Kier molecular flexibility index (Phi) is 6.21. The van der Waals surface area contributed by atoms with Crippen molar-refractivity contribution >= 4 is 15.7 Å². The van der Waals surface area contributed by atoms with Gasteiger partial charge in [-0.2, -0.15) is 0 Å². The van der Waals surface area contributed by atoms with Crippen LogP contribution in [0.2, 0.25) is 0 Å². The second-order valence-electron chi connectivity index (χ2n) is 7.77. The second kappa shape index (κ2) is 9.08. The Hall–Kier alpha value is -3.63. The molecule has 4 rings (SSSR count). The molecule has 4 aromatic rings. The molecule has 0 aliphatic rings. The van der Waals surface area contributed by atoms with Crippen LogP contribution >= 0.6 is 0 Å². The lowest BCUT2D eigenvalue weighted by atomic mass is 10.1. The molecule has 0 fully saturated rings. The topological polar surface area (TPSA) is 137 Å². The Morgan fingerprint density at radius 2 is 1.70 bits per heavy atom. The van der Waals surface area contributed by atoms with E-state index in [1.54, 1.807) is 32.2 Å². The van der Waals surface area contributed by atoms with Crippen LogP contribution in [0.3, 0.4) is 0 Å². The number of hydrogen-bond acceptors (Lipinski definition) is 9. The number of nitrogens with one attached hydrogen (secondary N) is 1. The number of nitrogen functional groups attached to an aromatic ring is 1. The first-order chi connectivity index (χ1) is 15.8. The first kappa shape index (κ1) is 22.6. The molecule has 1 aromatic carbocycles. The van der Waals surface area contributed by atoms with E-state index < -0.39 is 15.1 Å². The van der Waals surface area contributed by atoms with Crippen molar-refractivity contribution in [2.45, 2.75) is 30.5 Å². The van der Waals surface area contributed by atoms with E-state index in [0.717, 1.165) is 17.7 Å². The van der Waals surface area contributed by atoms with Crippen LogP contribution in [0.25, 0.3) is 34.2 Å². The average molecular weight is 465 g/mol. The zero-order valence-corrected chi connectivity index (χ0v) is 19.3. The molecule has 0 aliphatic heterocycles. The number of hydrogen-bond donors (Lipinski definition) is 2. The van der Waals surface area contributed by atoms with Crippen LogP contribution in [0.1, 0.15) is 19.4 Å². The zero-order valence-electron chi connectivity index (χ0n) is 18.5. The SMILES string of the molecule is CNCc1ccc(-c2nnc(-c3cc(-c4ccc(S(=O)(=O)C(C)C)cn4)cnc3N)o2)cc1. The molecule has 0 atom stereocenters. The minimum absolute atomic E-state index is 0.173. The third-order valence-electron chi connectivity index (χ3n) is 5.14. The Labute approximate surface area is 192 Å². The first-order valence-electron chi connectivity index (χ1n) is 10.3. The molecule has 33 heavy (non-hydrogen) atoms.